The van der Waals surface area contributed by atoms with E-state index in [0.717, 1.165) is 18.0 Å². The molecule has 1 amide bonds. The van der Waals surface area contributed by atoms with Gasteiger partial charge in [0, 0.05) is 23.5 Å². The Hall–Kier alpha value is -0.870. The minimum atomic E-state index is 0.296. The average Bonchev–Trinajstić information content (AvgIpc) is 3.11. The molecule has 2 fully saturated rings. The van der Waals surface area contributed by atoms with Crippen LogP contribution in [0, 0.1) is 0 Å². The molecule has 1 saturated heterocycles. The maximum atomic E-state index is 12.9. The van der Waals surface area contributed by atoms with E-state index in [9.17, 15) is 4.79 Å². The normalized spacial score (nSPS) is 24.9. The number of nitrogens with zero attached hydrogens (tertiary/aromatic N) is 1. The quantitative estimate of drug-likeness (QED) is 0.927. The fraction of sp³-hybridized carbons (Fsp3) is 0.706. The van der Waals surface area contributed by atoms with E-state index in [-0.39, 0.29) is 0 Å². The van der Waals surface area contributed by atoms with Crippen LogP contribution in [0.4, 0.5) is 0 Å². The van der Waals surface area contributed by atoms with Gasteiger partial charge in [-0.2, -0.15) is 0 Å². The molecule has 0 aromatic carbocycles. The SMILES string of the molecule is O=C(c1cc2c(s1)CCC2)N(CC1CCCCN1)C1CC1. The summed E-state index contributed by atoms with van der Waals surface area (Å²) < 4.78 is 0. The Bertz CT molecular complexity index is 507. The van der Waals surface area contributed by atoms with Crippen molar-refractivity contribution in [3.63, 3.8) is 0 Å². The standard InChI is InChI=1S/C17H24N2OS/c20-17(16-10-12-4-3-6-15(12)21-16)19(14-7-8-14)11-13-5-1-2-9-18-13/h10,13-14,18H,1-9,11H2. The number of fused-ring (bicyclic) bond motifs is 1. The van der Waals surface area contributed by atoms with E-state index in [2.05, 4.69) is 16.3 Å². The highest BCUT2D eigenvalue weighted by atomic mass is 32.1. The van der Waals surface area contributed by atoms with E-state index in [1.165, 1.54) is 61.8 Å². The van der Waals surface area contributed by atoms with Crippen molar-refractivity contribution in [1.82, 2.24) is 10.2 Å². The number of piperidine rings is 1. The number of carbonyl (C=O) groups excluding carboxylic acids is 1. The molecule has 1 aliphatic heterocycles. The molecule has 1 atom stereocenters. The predicted octanol–water partition coefficient (Wildman–Crippen LogP) is 2.98. The Morgan fingerprint density at radius 1 is 1.24 bits per heavy atom. The molecule has 0 spiro atoms. The van der Waals surface area contributed by atoms with Crippen molar-refractivity contribution in [1.29, 1.82) is 0 Å². The summed E-state index contributed by atoms with van der Waals surface area (Å²) in [5, 5.41) is 3.59. The molecule has 1 unspecified atom stereocenters. The minimum absolute atomic E-state index is 0.296. The van der Waals surface area contributed by atoms with Gasteiger partial charge in [-0.1, -0.05) is 6.42 Å². The van der Waals surface area contributed by atoms with Gasteiger partial charge in [-0.05, 0) is 63.1 Å². The molecule has 4 rings (SSSR count). The number of aryl methyl sites for hydroxylation is 2. The van der Waals surface area contributed by atoms with Gasteiger partial charge >= 0.3 is 0 Å². The van der Waals surface area contributed by atoms with Crippen molar-refractivity contribution in [3.8, 4) is 0 Å². The summed E-state index contributed by atoms with van der Waals surface area (Å²) in [5.74, 6) is 0.296. The lowest BCUT2D eigenvalue weighted by atomic mass is 10.0. The van der Waals surface area contributed by atoms with Crippen molar-refractivity contribution >= 4 is 17.2 Å². The first-order chi connectivity index (χ1) is 10.3. The van der Waals surface area contributed by atoms with Crippen LogP contribution in [0.1, 0.15) is 58.6 Å². The van der Waals surface area contributed by atoms with Crippen molar-refractivity contribution in [2.24, 2.45) is 0 Å². The molecule has 3 nitrogen and oxygen atoms in total. The third kappa shape index (κ3) is 2.88. The zero-order chi connectivity index (χ0) is 14.2. The topological polar surface area (TPSA) is 32.3 Å². The zero-order valence-corrected chi connectivity index (χ0v) is 13.4. The van der Waals surface area contributed by atoms with Crippen LogP contribution in [0.15, 0.2) is 6.07 Å². The van der Waals surface area contributed by atoms with Crippen LogP contribution in [0.2, 0.25) is 0 Å². The van der Waals surface area contributed by atoms with Gasteiger partial charge in [0.1, 0.15) is 0 Å². The van der Waals surface area contributed by atoms with Gasteiger partial charge in [-0.15, -0.1) is 11.3 Å². The fourth-order valence-electron chi connectivity index (χ4n) is 3.68. The summed E-state index contributed by atoms with van der Waals surface area (Å²) in [7, 11) is 0. The maximum Gasteiger partial charge on any atom is 0.264 e. The third-order valence-electron chi connectivity index (χ3n) is 5.04. The lowest BCUT2D eigenvalue weighted by Gasteiger charge is -2.30. The number of hydrogen-bond acceptors (Lipinski definition) is 3. The molecule has 21 heavy (non-hydrogen) atoms. The summed E-state index contributed by atoms with van der Waals surface area (Å²) in [6.07, 6.45) is 9.83. The summed E-state index contributed by atoms with van der Waals surface area (Å²) in [4.78, 5) is 17.5. The number of hydrogen-bond donors (Lipinski definition) is 1. The van der Waals surface area contributed by atoms with Gasteiger partial charge in [0.05, 0.1) is 4.88 Å². The molecule has 1 aromatic rings. The first kappa shape index (κ1) is 13.8. The lowest BCUT2D eigenvalue weighted by molar-refractivity contribution is 0.0722. The minimum Gasteiger partial charge on any atom is -0.333 e. The highest BCUT2D eigenvalue weighted by molar-refractivity contribution is 7.14. The number of thiophene rings is 1. The predicted molar refractivity (Wildman–Crippen MR) is 86.0 cm³/mol. The molecule has 0 bridgehead atoms. The molecule has 0 radical (unpaired) electrons. The molecular formula is C17H24N2OS. The highest BCUT2D eigenvalue weighted by Crippen LogP contribution is 2.34. The number of amides is 1. The van der Waals surface area contributed by atoms with Gasteiger partial charge in [0.2, 0.25) is 0 Å². The maximum absolute atomic E-state index is 12.9. The van der Waals surface area contributed by atoms with Crippen molar-refractivity contribution < 1.29 is 4.79 Å². The van der Waals surface area contributed by atoms with Gasteiger partial charge < -0.3 is 10.2 Å². The van der Waals surface area contributed by atoms with E-state index in [1.54, 1.807) is 11.3 Å². The Kier molecular flexibility index (Phi) is 3.76. The van der Waals surface area contributed by atoms with Gasteiger partial charge in [-0.3, -0.25) is 4.79 Å². The molecule has 4 heteroatoms. The lowest BCUT2D eigenvalue weighted by Crippen LogP contribution is -2.46. The number of rotatable bonds is 4. The molecular weight excluding hydrogens is 280 g/mol. The van der Waals surface area contributed by atoms with Crippen LogP contribution in [-0.4, -0.2) is 36.0 Å². The second-order valence-corrected chi connectivity index (χ2v) is 7.88. The smallest absolute Gasteiger partial charge is 0.264 e. The van der Waals surface area contributed by atoms with Crippen LogP contribution >= 0.6 is 11.3 Å². The first-order valence-corrected chi connectivity index (χ1v) is 9.29. The van der Waals surface area contributed by atoms with Crippen molar-refractivity contribution in [3.05, 3.63) is 21.4 Å². The van der Waals surface area contributed by atoms with Crippen LogP contribution in [-0.2, 0) is 12.8 Å². The average molecular weight is 304 g/mol. The second kappa shape index (κ2) is 5.73. The third-order valence-corrected chi connectivity index (χ3v) is 6.26. The Morgan fingerprint density at radius 2 is 2.14 bits per heavy atom. The van der Waals surface area contributed by atoms with E-state index in [1.807, 2.05) is 0 Å². The van der Waals surface area contributed by atoms with Gasteiger partial charge in [0.25, 0.3) is 5.91 Å². The van der Waals surface area contributed by atoms with E-state index < -0.39 is 0 Å². The van der Waals surface area contributed by atoms with Crippen LogP contribution in [0.3, 0.4) is 0 Å². The van der Waals surface area contributed by atoms with Crippen LogP contribution in [0.25, 0.3) is 0 Å². The van der Waals surface area contributed by atoms with E-state index in [4.69, 9.17) is 0 Å². The van der Waals surface area contributed by atoms with Gasteiger partial charge in [-0.25, -0.2) is 0 Å². The Balaban J connectivity index is 1.48. The molecule has 2 heterocycles. The number of carbonyl (C=O) groups is 1. The largest absolute Gasteiger partial charge is 0.333 e. The fourth-order valence-corrected chi connectivity index (χ4v) is 4.89. The summed E-state index contributed by atoms with van der Waals surface area (Å²) >= 11 is 1.75. The van der Waals surface area contributed by atoms with E-state index in [0.29, 0.717) is 18.0 Å². The summed E-state index contributed by atoms with van der Waals surface area (Å²) in [6, 6.07) is 3.20. The van der Waals surface area contributed by atoms with Crippen molar-refractivity contribution in [2.75, 3.05) is 13.1 Å². The molecule has 3 aliphatic rings. The van der Waals surface area contributed by atoms with E-state index >= 15 is 0 Å². The van der Waals surface area contributed by atoms with Crippen molar-refractivity contribution in [2.45, 2.75) is 63.5 Å². The molecule has 1 aromatic heterocycles. The second-order valence-electron chi connectivity index (χ2n) is 6.75. The highest BCUT2D eigenvalue weighted by Gasteiger charge is 2.35. The molecule has 2 aliphatic carbocycles. The molecule has 1 N–H and O–H groups in total. The molecule has 114 valence electrons. The Morgan fingerprint density at radius 3 is 2.86 bits per heavy atom. The number of nitrogens with one attached hydrogen (secondary N) is 1. The molecule has 1 saturated carbocycles. The Labute approximate surface area is 130 Å². The summed E-state index contributed by atoms with van der Waals surface area (Å²) in [6.45, 7) is 2.02. The van der Waals surface area contributed by atoms with Gasteiger partial charge in [0.15, 0.2) is 0 Å². The zero-order valence-electron chi connectivity index (χ0n) is 12.6. The van der Waals surface area contributed by atoms with Crippen LogP contribution in [0.5, 0.6) is 0 Å². The first-order valence-electron chi connectivity index (χ1n) is 8.47. The monoisotopic (exact) mass is 304 g/mol. The summed E-state index contributed by atoms with van der Waals surface area (Å²) in [5.41, 5.74) is 1.44. The van der Waals surface area contributed by atoms with Crippen LogP contribution < -0.4 is 5.32 Å².